The predicted octanol–water partition coefficient (Wildman–Crippen LogP) is 0.584. The predicted molar refractivity (Wildman–Crippen MR) is 54.5 cm³/mol. The van der Waals surface area contributed by atoms with Gasteiger partial charge in [-0.05, 0) is 14.8 Å². The van der Waals surface area contributed by atoms with Crippen molar-refractivity contribution in [1.29, 1.82) is 5.26 Å². The summed E-state index contributed by atoms with van der Waals surface area (Å²) in [6, 6.07) is 3.82. The van der Waals surface area contributed by atoms with Gasteiger partial charge in [-0.1, -0.05) is 0 Å². The minimum atomic E-state index is 0.431. The van der Waals surface area contributed by atoms with Crippen molar-refractivity contribution in [2.45, 2.75) is 0 Å². The first-order valence-electron chi connectivity index (χ1n) is 4.02. The highest BCUT2D eigenvalue weighted by molar-refractivity contribution is 7.41. The van der Waals surface area contributed by atoms with E-state index in [1.54, 1.807) is 23.1 Å². The number of nitrogens with two attached hydrogens (primary N) is 1. The van der Waals surface area contributed by atoms with Crippen molar-refractivity contribution in [2.75, 3.05) is 10.8 Å². The van der Waals surface area contributed by atoms with Gasteiger partial charge in [-0.15, -0.1) is 0 Å². The van der Waals surface area contributed by atoms with Crippen LogP contribution in [-0.2, 0) is 0 Å². The van der Waals surface area contributed by atoms with Crippen LogP contribution in [0.1, 0.15) is 0 Å². The molecule has 1 aromatic rings. The van der Waals surface area contributed by atoms with Crippen LogP contribution in [0.5, 0.6) is 0 Å². The molecular formula is C8H8N5P. The molecule has 0 spiro atoms. The first kappa shape index (κ1) is 8.92. The summed E-state index contributed by atoms with van der Waals surface area (Å²) in [7, 11) is 0.431. The molecular weight excluding hydrogens is 197 g/mol. The van der Waals surface area contributed by atoms with E-state index in [9.17, 15) is 0 Å². The van der Waals surface area contributed by atoms with Crippen LogP contribution in [0.4, 0.5) is 5.95 Å². The molecule has 1 aromatic heterocycles. The molecule has 6 heteroatoms. The lowest BCUT2D eigenvalue weighted by Crippen LogP contribution is -2.18. The van der Waals surface area contributed by atoms with Crippen molar-refractivity contribution in [1.82, 2.24) is 9.97 Å². The monoisotopic (exact) mass is 205 g/mol. The molecule has 2 rings (SSSR count). The summed E-state index contributed by atoms with van der Waals surface area (Å²) in [5.41, 5.74) is 6.40. The Kier molecular flexibility index (Phi) is 2.30. The lowest BCUT2D eigenvalue weighted by molar-refractivity contribution is 1.07. The maximum absolute atomic E-state index is 8.75. The third-order valence-corrected chi connectivity index (χ3v) is 3.12. The molecule has 0 radical (unpaired) electrons. The molecule has 0 amide bonds. The van der Waals surface area contributed by atoms with E-state index < -0.39 is 0 Å². The molecule has 70 valence electrons. The van der Waals surface area contributed by atoms with Gasteiger partial charge < -0.3 is 5.73 Å². The SMILES string of the molecule is N#CC1=C(N)N(c2ncccn2)PC1. The second kappa shape index (κ2) is 3.60. The third-order valence-electron chi connectivity index (χ3n) is 1.85. The van der Waals surface area contributed by atoms with Crippen LogP contribution in [0.15, 0.2) is 29.9 Å². The van der Waals surface area contributed by atoms with Crippen LogP contribution < -0.4 is 10.4 Å². The van der Waals surface area contributed by atoms with Gasteiger partial charge in [0, 0.05) is 18.6 Å². The Labute approximate surface area is 83.1 Å². The minimum Gasteiger partial charge on any atom is -0.384 e. The quantitative estimate of drug-likeness (QED) is 0.678. The van der Waals surface area contributed by atoms with Crippen LogP contribution in [0, 0.1) is 11.3 Å². The fourth-order valence-electron chi connectivity index (χ4n) is 1.15. The van der Waals surface area contributed by atoms with Crippen LogP contribution in [-0.4, -0.2) is 16.1 Å². The smallest absolute Gasteiger partial charge is 0.234 e. The standard InChI is InChI=1S/C8H8N5P/c9-4-6-5-14-13(7(6)10)8-11-2-1-3-12-8/h1-3,14H,5,10H2. The van der Waals surface area contributed by atoms with E-state index in [1.165, 1.54) is 0 Å². The van der Waals surface area contributed by atoms with Gasteiger partial charge in [0.15, 0.2) is 0 Å². The van der Waals surface area contributed by atoms with Gasteiger partial charge >= 0.3 is 0 Å². The lowest BCUT2D eigenvalue weighted by atomic mass is 10.3. The zero-order valence-electron chi connectivity index (χ0n) is 7.31. The van der Waals surface area contributed by atoms with Crippen molar-refractivity contribution in [3.63, 3.8) is 0 Å². The summed E-state index contributed by atoms with van der Waals surface area (Å²) in [5.74, 6) is 1.05. The van der Waals surface area contributed by atoms with Crippen LogP contribution in [0.3, 0.4) is 0 Å². The molecule has 2 heterocycles. The Hall–Kier alpha value is -1.66. The van der Waals surface area contributed by atoms with Crippen molar-refractivity contribution >= 4 is 14.7 Å². The van der Waals surface area contributed by atoms with Crippen molar-refractivity contribution in [3.05, 3.63) is 29.9 Å². The Balaban J connectivity index is 2.33. The third kappa shape index (κ3) is 1.40. The second-order valence-electron chi connectivity index (χ2n) is 2.69. The summed E-state index contributed by atoms with van der Waals surface area (Å²) in [4.78, 5) is 8.16. The van der Waals surface area contributed by atoms with E-state index in [1.807, 2.05) is 0 Å². The Morgan fingerprint density at radius 2 is 2.21 bits per heavy atom. The molecule has 2 N–H and O–H groups in total. The number of nitrogens with zero attached hydrogens (tertiary/aromatic N) is 4. The highest BCUT2D eigenvalue weighted by Gasteiger charge is 2.22. The van der Waals surface area contributed by atoms with E-state index >= 15 is 0 Å². The molecule has 1 atom stereocenters. The summed E-state index contributed by atoms with van der Waals surface area (Å²) < 4.78 is 1.78. The molecule has 0 saturated carbocycles. The molecule has 0 fully saturated rings. The normalized spacial score (nSPS) is 17.5. The zero-order chi connectivity index (χ0) is 9.97. The lowest BCUT2D eigenvalue weighted by Gasteiger charge is -2.15. The highest BCUT2D eigenvalue weighted by Crippen LogP contribution is 2.35. The Bertz CT molecular complexity index is 407. The molecule has 5 nitrogen and oxygen atoms in total. The van der Waals surface area contributed by atoms with Crippen molar-refractivity contribution in [2.24, 2.45) is 5.73 Å². The summed E-state index contributed by atoms with van der Waals surface area (Å²) in [6.07, 6.45) is 4.01. The van der Waals surface area contributed by atoms with Crippen LogP contribution in [0.2, 0.25) is 0 Å². The number of rotatable bonds is 1. The molecule has 0 aliphatic carbocycles. The molecule has 14 heavy (non-hydrogen) atoms. The number of hydrogen-bond donors (Lipinski definition) is 1. The minimum absolute atomic E-state index is 0.431. The number of nitriles is 1. The van der Waals surface area contributed by atoms with Gasteiger partial charge in [0.1, 0.15) is 5.82 Å². The molecule has 0 bridgehead atoms. The zero-order valence-corrected chi connectivity index (χ0v) is 8.31. The van der Waals surface area contributed by atoms with Crippen LogP contribution >= 0.6 is 8.73 Å². The maximum atomic E-state index is 8.75. The topological polar surface area (TPSA) is 78.8 Å². The molecule has 1 unspecified atom stereocenters. The van der Waals surface area contributed by atoms with Gasteiger partial charge in [-0.3, -0.25) is 4.67 Å². The van der Waals surface area contributed by atoms with E-state index in [-0.39, 0.29) is 0 Å². The first-order valence-corrected chi connectivity index (χ1v) is 5.17. The van der Waals surface area contributed by atoms with Gasteiger partial charge in [0.05, 0.1) is 11.6 Å². The van der Waals surface area contributed by atoms with E-state index in [0.717, 1.165) is 0 Å². The van der Waals surface area contributed by atoms with Gasteiger partial charge in [0.2, 0.25) is 5.95 Å². The summed E-state index contributed by atoms with van der Waals surface area (Å²) >= 11 is 0. The molecule has 0 aromatic carbocycles. The highest BCUT2D eigenvalue weighted by atomic mass is 31.1. The van der Waals surface area contributed by atoms with E-state index in [2.05, 4.69) is 16.0 Å². The number of allylic oxidation sites excluding steroid dienone is 1. The maximum Gasteiger partial charge on any atom is 0.234 e. The summed E-state index contributed by atoms with van der Waals surface area (Å²) in [6.45, 7) is 0. The average molecular weight is 205 g/mol. The fraction of sp³-hybridized carbons (Fsp3) is 0.125. The second-order valence-corrected chi connectivity index (χ2v) is 3.81. The number of hydrogen-bond acceptors (Lipinski definition) is 5. The number of anilines is 1. The average Bonchev–Trinajstić information content (AvgIpc) is 2.61. The van der Waals surface area contributed by atoms with E-state index in [0.29, 0.717) is 32.2 Å². The van der Waals surface area contributed by atoms with Crippen molar-refractivity contribution in [3.8, 4) is 6.07 Å². The first-order chi connectivity index (χ1) is 6.83. The number of aromatic nitrogens is 2. The Morgan fingerprint density at radius 1 is 1.50 bits per heavy atom. The van der Waals surface area contributed by atoms with Gasteiger partial charge in [-0.2, -0.15) is 5.26 Å². The Morgan fingerprint density at radius 3 is 2.79 bits per heavy atom. The largest absolute Gasteiger partial charge is 0.384 e. The van der Waals surface area contributed by atoms with E-state index in [4.69, 9.17) is 11.0 Å². The molecule has 1 aliphatic rings. The van der Waals surface area contributed by atoms with Crippen LogP contribution in [0.25, 0.3) is 0 Å². The van der Waals surface area contributed by atoms with Gasteiger partial charge in [-0.25, -0.2) is 9.97 Å². The van der Waals surface area contributed by atoms with Crippen molar-refractivity contribution < 1.29 is 0 Å². The summed E-state index contributed by atoms with van der Waals surface area (Å²) in [5, 5.41) is 8.75. The molecule has 1 aliphatic heterocycles. The molecule has 0 saturated heterocycles. The van der Waals surface area contributed by atoms with Gasteiger partial charge in [0.25, 0.3) is 0 Å². The fourth-order valence-corrected chi connectivity index (χ4v) is 2.29.